The van der Waals surface area contributed by atoms with Crippen LogP contribution >= 0.6 is 0 Å². The van der Waals surface area contributed by atoms with Gasteiger partial charge in [0.1, 0.15) is 23.3 Å². The molecule has 0 atom stereocenters. The first-order valence-electron chi connectivity index (χ1n) is 11.4. The summed E-state index contributed by atoms with van der Waals surface area (Å²) in [5.74, 6) is 3.31. The van der Waals surface area contributed by atoms with Crippen LogP contribution in [0.1, 0.15) is 16.7 Å². The van der Waals surface area contributed by atoms with Crippen molar-refractivity contribution in [3.63, 3.8) is 0 Å². The fourth-order valence-electron chi connectivity index (χ4n) is 4.82. The number of methoxy groups -OCH3 is 2. The Morgan fingerprint density at radius 2 is 1.00 bits per heavy atom. The Hall–Kier alpha value is -3.96. The SMILES string of the molecule is COc1ccc(C(C[Si](C=O)(C=O)c2ccccc2)(c2ccccc2)c2ccc(OC)cc2)cc1. The molecule has 0 aliphatic rings. The Labute approximate surface area is 207 Å². The molecule has 0 amide bonds. The highest BCUT2D eigenvalue weighted by molar-refractivity contribution is 7.26. The number of rotatable bonds is 10. The Bertz CT molecular complexity index is 1200. The molecule has 0 N–H and O–H groups in total. The molecule has 0 aliphatic heterocycles. The molecule has 4 rings (SSSR count). The van der Waals surface area contributed by atoms with Gasteiger partial charge in [0, 0.05) is 5.41 Å². The van der Waals surface area contributed by atoms with Crippen LogP contribution in [0.5, 0.6) is 11.5 Å². The standard InChI is InChI=1S/C30H28O4Si/c1-33-27-17-13-25(14-18-27)30(24-9-5-3-6-10-24,26-15-19-28(34-2)20-16-26)21-35(22-31,23-32)29-11-7-4-8-12-29/h3-20,22-23H,21H2,1-2H3. The summed E-state index contributed by atoms with van der Waals surface area (Å²) in [4.78, 5) is 25.6. The molecule has 0 radical (unpaired) electrons. The summed E-state index contributed by atoms with van der Waals surface area (Å²) in [7, 11) is -0.00278. The molecule has 0 saturated carbocycles. The van der Waals surface area contributed by atoms with E-state index < -0.39 is 13.5 Å². The first-order chi connectivity index (χ1) is 17.1. The van der Waals surface area contributed by atoms with Crippen LogP contribution in [0.25, 0.3) is 0 Å². The second-order valence-corrected chi connectivity index (χ2v) is 12.0. The van der Waals surface area contributed by atoms with Gasteiger partial charge in [0.25, 0.3) is 0 Å². The van der Waals surface area contributed by atoms with Gasteiger partial charge in [0.15, 0.2) is 0 Å². The normalized spacial score (nSPS) is 11.5. The lowest BCUT2D eigenvalue weighted by Gasteiger charge is -2.40. The number of hydrogen-bond acceptors (Lipinski definition) is 4. The van der Waals surface area contributed by atoms with E-state index in [4.69, 9.17) is 9.47 Å². The molecule has 4 aromatic carbocycles. The predicted molar refractivity (Wildman–Crippen MR) is 142 cm³/mol. The predicted octanol–water partition coefficient (Wildman–Crippen LogP) is 4.94. The van der Waals surface area contributed by atoms with Crippen molar-refractivity contribution >= 4 is 25.1 Å². The largest absolute Gasteiger partial charge is 0.497 e. The molecule has 4 aromatic rings. The molecule has 0 heterocycles. The first-order valence-corrected chi connectivity index (χ1v) is 13.8. The maximum atomic E-state index is 12.8. The highest BCUT2D eigenvalue weighted by atomic mass is 28.3. The van der Waals surface area contributed by atoms with Crippen LogP contribution in [0.4, 0.5) is 0 Å². The first kappa shape index (κ1) is 24.2. The van der Waals surface area contributed by atoms with Gasteiger partial charge in [0.2, 0.25) is 8.07 Å². The smallest absolute Gasteiger partial charge is 0.230 e. The number of ether oxygens (including phenoxy) is 2. The van der Waals surface area contributed by atoms with E-state index in [1.54, 1.807) is 14.2 Å². The second-order valence-electron chi connectivity index (χ2n) is 8.55. The Morgan fingerprint density at radius 3 is 1.40 bits per heavy atom. The fraction of sp³-hybridized carbons (Fsp3) is 0.133. The van der Waals surface area contributed by atoms with Gasteiger partial charge >= 0.3 is 0 Å². The van der Waals surface area contributed by atoms with Gasteiger partial charge in [-0.15, -0.1) is 0 Å². The van der Waals surface area contributed by atoms with Gasteiger partial charge in [-0.25, -0.2) is 0 Å². The molecular weight excluding hydrogens is 452 g/mol. The van der Waals surface area contributed by atoms with E-state index in [0.717, 1.165) is 45.2 Å². The van der Waals surface area contributed by atoms with Crippen LogP contribution in [0.3, 0.4) is 0 Å². The van der Waals surface area contributed by atoms with E-state index >= 15 is 0 Å². The van der Waals surface area contributed by atoms with Gasteiger partial charge < -0.3 is 19.1 Å². The Balaban J connectivity index is 2.05. The van der Waals surface area contributed by atoms with E-state index in [1.165, 1.54) is 0 Å². The summed E-state index contributed by atoms with van der Waals surface area (Å²) in [6.45, 7) is 0. The molecule has 176 valence electrons. The number of carbonyl (C=O) groups excluding carboxylic acids is 2. The third-order valence-electron chi connectivity index (χ3n) is 6.72. The van der Waals surface area contributed by atoms with Crippen molar-refractivity contribution in [2.75, 3.05) is 14.2 Å². The van der Waals surface area contributed by atoms with Crippen molar-refractivity contribution in [2.45, 2.75) is 11.5 Å². The summed E-state index contributed by atoms with van der Waals surface area (Å²) in [6, 6.07) is 35.7. The summed E-state index contributed by atoms with van der Waals surface area (Å²) < 4.78 is 10.8. The Morgan fingerprint density at radius 1 is 0.600 bits per heavy atom. The van der Waals surface area contributed by atoms with Crippen molar-refractivity contribution in [1.29, 1.82) is 0 Å². The molecule has 0 aliphatic carbocycles. The number of benzene rings is 4. The number of carbonyl (C=O) groups is 2. The van der Waals surface area contributed by atoms with Gasteiger partial charge in [-0.1, -0.05) is 84.9 Å². The van der Waals surface area contributed by atoms with E-state index in [2.05, 4.69) is 12.1 Å². The number of hydrogen-bond donors (Lipinski definition) is 0. The third kappa shape index (κ3) is 4.55. The minimum absolute atomic E-state index is 0.347. The van der Waals surface area contributed by atoms with Crippen molar-refractivity contribution in [2.24, 2.45) is 0 Å². The van der Waals surface area contributed by atoms with E-state index in [0.29, 0.717) is 6.04 Å². The highest BCUT2D eigenvalue weighted by Crippen LogP contribution is 2.45. The topological polar surface area (TPSA) is 52.6 Å². The van der Waals surface area contributed by atoms with Crippen LogP contribution in [0.15, 0.2) is 109 Å². The summed E-state index contributed by atoms with van der Waals surface area (Å²) >= 11 is 0. The fourth-order valence-corrected chi connectivity index (χ4v) is 7.82. The van der Waals surface area contributed by atoms with Gasteiger partial charge in [-0.3, -0.25) is 0 Å². The van der Waals surface area contributed by atoms with Crippen LogP contribution in [0.2, 0.25) is 6.04 Å². The monoisotopic (exact) mass is 480 g/mol. The molecule has 0 aromatic heterocycles. The lowest BCUT2D eigenvalue weighted by atomic mass is 9.71. The molecule has 0 spiro atoms. The summed E-state index contributed by atoms with van der Waals surface area (Å²) in [5.41, 5.74) is 2.20. The Kier molecular flexibility index (Phi) is 7.27. The van der Waals surface area contributed by atoms with Crippen molar-refractivity contribution in [3.8, 4) is 11.5 Å². The van der Waals surface area contributed by atoms with Crippen LogP contribution in [-0.4, -0.2) is 34.1 Å². The van der Waals surface area contributed by atoms with Gasteiger partial charge in [0.05, 0.1) is 14.2 Å². The van der Waals surface area contributed by atoms with E-state index in [1.807, 2.05) is 97.1 Å². The quantitative estimate of drug-likeness (QED) is 0.183. The molecule has 5 heteroatoms. The minimum atomic E-state index is -3.27. The molecule has 4 nitrogen and oxygen atoms in total. The van der Waals surface area contributed by atoms with Gasteiger partial charge in [-0.2, -0.15) is 0 Å². The minimum Gasteiger partial charge on any atom is -0.497 e. The van der Waals surface area contributed by atoms with Crippen molar-refractivity contribution < 1.29 is 19.1 Å². The maximum Gasteiger partial charge on any atom is 0.230 e. The lowest BCUT2D eigenvalue weighted by molar-refractivity contribution is 0.414. The lowest BCUT2D eigenvalue weighted by Crippen LogP contribution is -2.56. The molecule has 0 fully saturated rings. The average Bonchev–Trinajstić information content (AvgIpc) is 2.95. The third-order valence-corrected chi connectivity index (χ3v) is 10.1. The van der Waals surface area contributed by atoms with Crippen molar-refractivity contribution in [1.82, 2.24) is 0 Å². The van der Waals surface area contributed by atoms with Crippen molar-refractivity contribution in [3.05, 3.63) is 126 Å². The zero-order chi connectivity index (χ0) is 24.7. The van der Waals surface area contributed by atoms with Gasteiger partial charge in [-0.05, 0) is 52.2 Å². The van der Waals surface area contributed by atoms with E-state index in [9.17, 15) is 9.59 Å². The summed E-state index contributed by atoms with van der Waals surface area (Å²) in [5, 5.41) is 0.798. The van der Waals surface area contributed by atoms with Crippen LogP contribution in [0, 0.1) is 0 Å². The van der Waals surface area contributed by atoms with E-state index in [-0.39, 0.29) is 0 Å². The molecule has 0 bridgehead atoms. The molecule has 0 saturated heterocycles. The zero-order valence-corrected chi connectivity index (χ0v) is 20.9. The van der Waals surface area contributed by atoms with Crippen LogP contribution in [-0.2, 0) is 15.0 Å². The second kappa shape index (κ2) is 10.5. The molecule has 35 heavy (non-hydrogen) atoms. The van der Waals surface area contributed by atoms with Crippen LogP contribution < -0.4 is 14.7 Å². The molecular formula is C30H28O4Si. The molecule has 0 unspecified atom stereocenters. The zero-order valence-electron chi connectivity index (χ0n) is 19.9. The highest BCUT2D eigenvalue weighted by Gasteiger charge is 2.48. The summed E-state index contributed by atoms with van der Waals surface area (Å²) in [6.07, 6.45) is 0. The maximum absolute atomic E-state index is 12.8. The average molecular weight is 481 g/mol.